The van der Waals surface area contributed by atoms with Crippen molar-refractivity contribution in [1.82, 2.24) is 14.5 Å². The summed E-state index contributed by atoms with van der Waals surface area (Å²) in [6.45, 7) is 0. The Labute approximate surface area is 121 Å². The first-order valence-electron chi connectivity index (χ1n) is 6.38. The molecule has 0 spiro atoms. The van der Waals surface area contributed by atoms with Gasteiger partial charge in [0.1, 0.15) is 6.10 Å². The van der Waals surface area contributed by atoms with Crippen molar-refractivity contribution in [2.45, 2.75) is 12.5 Å². The molecule has 0 saturated heterocycles. The molecule has 3 rings (SSSR count). The minimum absolute atomic E-state index is 0.511. The minimum atomic E-state index is -0.572. The fourth-order valence-electron chi connectivity index (χ4n) is 2.10. The molecule has 4 nitrogen and oxygen atoms in total. The van der Waals surface area contributed by atoms with E-state index in [0.717, 1.165) is 22.0 Å². The van der Waals surface area contributed by atoms with Crippen LogP contribution in [0.4, 0.5) is 0 Å². The average Bonchev–Trinajstić information content (AvgIpc) is 3.09. The van der Waals surface area contributed by atoms with Gasteiger partial charge in [-0.05, 0) is 0 Å². The number of aliphatic hydroxyl groups excluding tert-OH is 1. The number of aryl methyl sites for hydroxylation is 1. The molecule has 5 heteroatoms. The first-order valence-corrected chi connectivity index (χ1v) is 7.26. The van der Waals surface area contributed by atoms with Crippen LogP contribution in [0.25, 0.3) is 11.3 Å². The Hall–Kier alpha value is -1.98. The van der Waals surface area contributed by atoms with E-state index in [-0.39, 0.29) is 0 Å². The van der Waals surface area contributed by atoms with E-state index in [2.05, 4.69) is 9.97 Å². The largest absolute Gasteiger partial charge is 0.386 e. The van der Waals surface area contributed by atoms with Crippen molar-refractivity contribution < 1.29 is 5.11 Å². The molecular formula is C15H15N3OS. The molecule has 0 aliphatic rings. The van der Waals surface area contributed by atoms with Crippen molar-refractivity contribution >= 4 is 11.3 Å². The van der Waals surface area contributed by atoms with E-state index in [1.54, 1.807) is 23.9 Å². The van der Waals surface area contributed by atoms with E-state index in [1.807, 2.05) is 47.3 Å². The maximum atomic E-state index is 10.2. The van der Waals surface area contributed by atoms with Crippen LogP contribution in [0.1, 0.15) is 16.8 Å². The summed E-state index contributed by atoms with van der Waals surface area (Å²) in [6, 6.07) is 10.1. The van der Waals surface area contributed by atoms with Crippen molar-refractivity contribution in [1.29, 1.82) is 0 Å². The SMILES string of the molecule is Cn1cncc1C(O)Cc1nc(-c2ccccc2)cs1. The monoisotopic (exact) mass is 285 g/mol. The van der Waals surface area contributed by atoms with Crippen molar-refractivity contribution in [3.8, 4) is 11.3 Å². The standard InChI is InChI=1S/C15H15N3OS/c1-18-10-16-8-13(18)14(19)7-15-17-12(9-20-15)11-5-3-2-4-6-11/h2-6,8-10,14,19H,7H2,1H3. The maximum absolute atomic E-state index is 10.2. The van der Waals surface area contributed by atoms with Crippen molar-refractivity contribution in [2.24, 2.45) is 7.05 Å². The highest BCUT2D eigenvalue weighted by Gasteiger charge is 2.14. The number of thiazole rings is 1. The number of hydrogen-bond acceptors (Lipinski definition) is 4. The van der Waals surface area contributed by atoms with Gasteiger partial charge < -0.3 is 9.67 Å². The maximum Gasteiger partial charge on any atom is 0.102 e. The molecule has 2 aromatic heterocycles. The molecule has 1 atom stereocenters. The zero-order valence-electron chi connectivity index (χ0n) is 11.1. The van der Waals surface area contributed by atoms with E-state index in [9.17, 15) is 5.11 Å². The van der Waals surface area contributed by atoms with Crippen molar-refractivity contribution in [3.63, 3.8) is 0 Å². The smallest absolute Gasteiger partial charge is 0.102 e. The summed E-state index contributed by atoms with van der Waals surface area (Å²) in [5.41, 5.74) is 2.87. The lowest BCUT2D eigenvalue weighted by Gasteiger charge is -2.08. The summed E-state index contributed by atoms with van der Waals surface area (Å²) in [6.07, 6.45) is 3.32. The zero-order chi connectivity index (χ0) is 13.9. The van der Waals surface area contributed by atoms with Gasteiger partial charge in [-0.3, -0.25) is 0 Å². The van der Waals surface area contributed by atoms with Gasteiger partial charge in [-0.25, -0.2) is 9.97 Å². The number of hydrogen-bond donors (Lipinski definition) is 1. The summed E-state index contributed by atoms with van der Waals surface area (Å²) in [7, 11) is 1.88. The second-order valence-corrected chi connectivity index (χ2v) is 5.58. The third-order valence-electron chi connectivity index (χ3n) is 3.18. The van der Waals surface area contributed by atoms with E-state index in [0.29, 0.717) is 6.42 Å². The summed E-state index contributed by atoms with van der Waals surface area (Å²) < 4.78 is 1.83. The summed E-state index contributed by atoms with van der Waals surface area (Å²) >= 11 is 1.58. The van der Waals surface area contributed by atoms with Gasteiger partial charge in [0.2, 0.25) is 0 Å². The van der Waals surface area contributed by atoms with Crippen molar-refractivity contribution in [2.75, 3.05) is 0 Å². The van der Waals surface area contributed by atoms with Crippen LogP contribution in [0, 0.1) is 0 Å². The lowest BCUT2D eigenvalue weighted by molar-refractivity contribution is 0.170. The van der Waals surface area contributed by atoms with Gasteiger partial charge >= 0.3 is 0 Å². The van der Waals surface area contributed by atoms with Crippen LogP contribution in [-0.2, 0) is 13.5 Å². The topological polar surface area (TPSA) is 50.9 Å². The second-order valence-electron chi connectivity index (χ2n) is 4.64. The molecule has 3 aromatic rings. The minimum Gasteiger partial charge on any atom is -0.386 e. The van der Waals surface area contributed by atoms with E-state index in [4.69, 9.17) is 0 Å². The fraction of sp³-hybridized carbons (Fsp3) is 0.200. The molecule has 102 valence electrons. The van der Waals surface area contributed by atoms with Crippen LogP contribution >= 0.6 is 11.3 Å². The quantitative estimate of drug-likeness (QED) is 0.802. The number of rotatable bonds is 4. The molecule has 2 heterocycles. The van der Waals surface area contributed by atoms with Gasteiger partial charge in [0.15, 0.2) is 0 Å². The van der Waals surface area contributed by atoms with Crippen LogP contribution < -0.4 is 0 Å². The van der Waals surface area contributed by atoms with Gasteiger partial charge in [0.25, 0.3) is 0 Å². The number of aliphatic hydroxyl groups is 1. The first-order chi connectivity index (χ1) is 9.74. The number of aromatic nitrogens is 3. The third-order valence-corrected chi connectivity index (χ3v) is 4.06. The van der Waals surface area contributed by atoms with E-state index < -0.39 is 6.10 Å². The Morgan fingerprint density at radius 3 is 2.80 bits per heavy atom. The van der Waals surface area contributed by atoms with Gasteiger partial charge in [-0.2, -0.15) is 0 Å². The number of imidazole rings is 1. The normalized spacial score (nSPS) is 12.5. The molecule has 1 N–H and O–H groups in total. The summed E-state index contributed by atoms with van der Waals surface area (Å²) in [5.74, 6) is 0. The number of nitrogens with zero attached hydrogens (tertiary/aromatic N) is 3. The molecule has 1 unspecified atom stereocenters. The Morgan fingerprint density at radius 1 is 1.30 bits per heavy atom. The van der Waals surface area contributed by atoms with Crippen LogP contribution in [0.5, 0.6) is 0 Å². The second kappa shape index (κ2) is 5.56. The van der Waals surface area contributed by atoms with Crippen LogP contribution in [0.3, 0.4) is 0 Å². The highest BCUT2D eigenvalue weighted by atomic mass is 32.1. The van der Waals surface area contributed by atoms with Crippen LogP contribution in [0.2, 0.25) is 0 Å². The Bertz CT molecular complexity index is 690. The highest BCUT2D eigenvalue weighted by molar-refractivity contribution is 7.09. The predicted molar refractivity (Wildman–Crippen MR) is 79.4 cm³/mol. The molecule has 20 heavy (non-hydrogen) atoms. The molecule has 0 aliphatic carbocycles. The Kier molecular flexibility index (Phi) is 3.62. The Morgan fingerprint density at radius 2 is 2.10 bits per heavy atom. The molecule has 0 radical (unpaired) electrons. The lowest BCUT2D eigenvalue weighted by atomic mass is 10.2. The number of benzene rings is 1. The zero-order valence-corrected chi connectivity index (χ0v) is 11.9. The van der Waals surface area contributed by atoms with Gasteiger partial charge in [-0.15, -0.1) is 11.3 Å². The molecule has 0 aliphatic heterocycles. The molecule has 0 saturated carbocycles. The molecule has 1 aromatic carbocycles. The van der Waals surface area contributed by atoms with Gasteiger partial charge in [0, 0.05) is 24.4 Å². The molecule has 0 bridgehead atoms. The average molecular weight is 285 g/mol. The molecule has 0 amide bonds. The van der Waals surface area contributed by atoms with Crippen LogP contribution in [-0.4, -0.2) is 19.6 Å². The van der Waals surface area contributed by atoms with Gasteiger partial charge in [-0.1, -0.05) is 30.3 Å². The van der Waals surface area contributed by atoms with E-state index >= 15 is 0 Å². The predicted octanol–water partition coefficient (Wildman–Crippen LogP) is 2.82. The Balaban J connectivity index is 1.76. The van der Waals surface area contributed by atoms with Crippen molar-refractivity contribution in [3.05, 3.63) is 58.9 Å². The highest BCUT2D eigenvalue weighted by Crippen LogP contribution is 2.25. The summed E-state index contributed by atoms with van der Waals surface area (Å²) in [5, 5.41) is 13.2. The van der Waals surface area contributed by atoms with E-state index in [1.165, 1.54) is 0 Å². The third kappa shape index (κ3) is 2.64. The first kappa shape index (κ1) is 13.0. The molecule has 0 fully saturated rings. The van der Waals surface area contributed by atoms with Crippen LogP contribution in [0.15, 0.2) is 48.2 Å². The lowest BCUT2D eigenvalue weighted by Crippen LogP contribution is -2.06. The van der Waals surface area contributed by atoms with Gasteiger partial charge in [0.05, 0.1) is 28.9 Å². The fourth-order valence-corrected chi connectivity index (χ4v) is 2.95. The molecular weight excluding hydrogens is 270 g/mol. The summed E-state index contributed by atoms with van der Waals surface area (Å²) in [4.78, 5) is 8.61.